The predicted octanol–water partition coefficient (Wildman–Crippen LogP) is 2.08. The molecule has 0 heterocycles. The van der Waals surface area contributed by atoms with E-state index in [1.807, 2.05) is 45.0 Å². The van der Waals surface area contributed by atoms with Crippen molar-refractivity contribution in [3.05, 3.63) is 29.8 Å². The van der Waals surface area contributed by atoms with Crippen LogP contribution in [0.25, 0.3) is 0 Å². The van der Waals surface area contributed by atoms with Crippen molar-refractivity contribution >= 4 is 11.6 Å². The van der Waals surface area contributed by atoms with Crippen molar-refractivity contribution in [1.82, 2.24) is 0 Å². The Hall–Kier alpha value is -1.39. The zero-order valence-corrected chi connectivity index (χ0v) is 11.3. The van der Waals surface area contributed by atoms with E-state index in [-0.39, 0.29) is 18.1 Å². The zero-order chi connectivity index (χ0) is 13.6. The van der Waals surface area contributed by atoms with Crippen molar-refractivity contribution in [2.75, 3.05) is 18.5 Å². The van der Waals surface area contributed by atoms with E-state index in [0.29, 0.717) is 6.61 Å². The highest BCUT2D eigenvalue weighted by atomic mass is 16.5. The molecule has 1 amide bonds. The molecule has 4 nitrogen and oxygen atoms in total. The Labute approximate surface area is 109 Å². The van der Waals surface area contributed by atoms with Crippen LogP contribution in [0, 0.1) is 6.92 Å². The molecule has 1 aromatic rings. The Morgan fingerprint density at radius 1 is 1.50 bits per heavy atom. The number of ether oxygens (including phenoxy) is 1. The van der Waals surface area contributed by atoms with Crippen LogP contribution in [-0.4, -0.2) is 24.7 Å². The Balaban J connectivity index is 2.34. The van der Waals surface area contributed by atoms with Gasteiger partial charge >= 0.3 is 0 Å². The first-order chi connectivity index (χ1) is 8.43. The first-order valence-electron chi connectivity index (χ1n) is 6.16. The summed E-state index contributed by atoms with van der Waals surface area (Å²) >= 11 is 0. The van der Waals surface area contributed by atoms with Crippen LogP contribution in [0.15, 0.2) is 24.3 Å². The van der Waals surface area contributed by atoms with Gasteiger partial charge in [0, 0.05) is 11.2 Å². The van der Waals surface area contributed by atoms with Crippen LogP contribution < -0.4 is 11.1 Å². The molecule has 0 aliphatic heterocycles. The average molecular weight is 250 g/mol. The van der Waals surface area contributed by atoms with Crippen molar-refractivity contribution in [2.24, 2.45) is 5.73 Å². The van der Waals surface area contributed by atoms with E-state index in [1.54, 1.807) is 0 Å². The zero-order valence-electron chi connectivity index (χ0n) is 11.3. The first-order valence-corrected chi connectivity index (χ1v) is 6.16. The minimum atomic E-state index is -0.371. The average Bonchev–Trinajstić information content (AvgIpc) is 2.28. The molecule has 0 fully saturated rings. The van der Waals surface area contributed by atoms with Crippen molar-refractivity contribution in [2.45, 2.75) is 32.7 Å². The fourth-order valence-electron chi connectivity index (χ4n) is 1.40. The molecule has 1 aromatic carbocycles. The monoisotopic (exact) mass is 250 g/mol. The van der Waals surface area contributed by atoms with Gasteiger partial charge in [-0.25, -0.2) is 0 Å². The number of carbonyl (C=O) groups excluding carboxylic acids is 1. The van der Waals surface area contributed by atoms with Crippen LogP contribution in [-0.2, 0) is 9.53 Å². The largest absolute Gasteiger partial charge is 0.370 e. The summed E-state index contributed by atoms with van der Waals surface area (Å²) in [6.45, 7) is 6.29. The highest BCUT2D eigenvalue weighted by molar-refractivity contribution is 5.91. The summed E-state index contributed by atoms with van der Waals surface area (Å²) in [7, 11) is 0. The Morgan fingerprint density at radius 3 is 2.83 bits per heavy atom. The molecule has 0 spiro atoms. The molecule has 1 unspecified atom stereocenters. The van der Waals surface area contributed by atoms with Gasteiger partial charge in [0.05, 0.1) is 6.61 Å². The van der Waals surface area contributed by atoms with Crippen LogP contribution in [0.1, 0.15) is 25.8 Å². The lowest BCUT2D eigenvalue weighted by molar-refractivity contribution is -0.121. The van der Waals surface area contributed by atoms with Crippen LogP contribution in [0.2, 0.25) is 0 Å². The third kappa shape index (κ3) is 5.29. The fourth-order valence-corrected chi connectivity index (χ4v) is 1.40. The molecule has 1 rings (SSSR count). The van der Waals surface area contributed by atoms with Crippen molar-refractivity contribution in [1.29, 1.82) is 0 Å². The third-order valence-electron chi connectivity index (χ3n) is 2.77. The summed E-state index contributed by atoms with van der Waals surface area (Å²) in [5.74, 6) is -0.160. The van der Waals surface area contributed by atoms with Gasteiger partial charge in [-0.3, -0.25) is 4.79 Å². The number of hydrogen-bond donors (Lipinski definition) is 2. The van der Waals surface area contributed by atoms with E-state index in [1.165, 1.54) is 0 Å². The van der Waals surface area contributed by atoms with Crippen LogP contribution in [0.3, 0.4) is 0 Å². The molecule has 18 heavy (non-hydrogen) atoms. The topological polar surface area (TPSA) is 64.3 Å². The standard InChI is InChI=1S/C14H22N2O2/c1-4-14(3,15)10-18-9-13(17)16-12-7-5-6-11(2)8-12/h5-8H,4,9-10,15H2,1-3H3,(H,16,17). The smallest absolute Gasteiger partial charge is 0.250 e. The number of benzene rings is 1. The maximum Gasteiger partial charge on any atom is 0.250 e. The lowest BCUT2D eigenvalue weighted by atomic mass is 10.0. The summed E-state index contributed by atoms with van der Waals surface area (Å²) in [4.78, 5) is 11.6. The van der Waals surface area contributed by atoms with Gasteiger partial charge in [-0.2, -0.15) is 0 Å². The van der Waals surface area contributed by atoms with Gasteiger partial charge in [0.25, 0.3) is 0 Å². The van der Waals surface area contributed by atoms with Gasteiger partial charge in [-0.05, 0) is 38.0 Å². The summed E-state index contributed by atoms with van der Waals surface area (Å²) in [6, 6.07) is 7.65. The molecule has 3 N–H and O–H groups in total. The quantitative estimate of drug-likeness (QED) is 0.812. The molecule has 0 saturated carbocycles. The van der Waals surface area contributed by atoms with Crippen LogP contribution >= 0.6 is 0 Å². The summed E-state index contributed by atoms with van der Waals surface area (Å²) in [5.41, 5.74) is 7.44. The van der Waals surface area contributed by atoms with Gasteiger partial charge in [-0.1, -0.05) is 19.1 Å². The van der Waals surface area contributed by atoms with E-state index in [9.17, 15) is 4.79 Å². The highest BCUT2D eigenvalue weighted by Crippen LogP contribution is 2.09. The third-order valence-corrected chi connectivity index (χ3v) is 2.77. The number of aryl methyl sites for hydroxylation is 1. The van der Waals surface area contributed by atoms with E-state index in [4.69, 9.17) is 10.5 Å². The maximum atomic E-state index is 11.6. The minimum absolute atomic E-state index is 0.0285. The molecule has 4 heteroatoms. The number of amides is 1. The maximum absolute atomic E-state index is 11.6. The van der Waals surface area contributed by atoms with E-state index < -0.39 is 0 Å². The molecule has 100 valence electrons. The predicted molar refractivity (Wildman–Crippen MR) is 73.5 cm³/mol. The lowest BCUT2D eigenvalue weighted by Gasteiger charge is -2.22. The summed E-state index contributed by atoms with van der Waals surface area (Å²) in [6.07, 6.45) is 0.812. The SMILES string of the molecule is CCC(C)(N)COCC(=O)Nc1cccc(C)c1. The van der Waals surface area contributed by atoms with E-state index in [0.717, 1.165) is 17.7 Å². The number of nitrogens with two attached hydrogens (primary N) is 1. The molecule has 0 bridgehead atoms. The fraction of sp³-hybridized carbons (Fsp3) is 0.500. The molecule has 0 aromatic heterocycles. The van der Waals surface area contributed by atoms with Gasteiger partial charge in [0.15, 0.2) is 0 Å². The number of carbonyl (C=O) groups is 1. The van der Waals surface area contributed by atoms with E-state index >= 15 is 0 Å². The normalized spacial score (nSPS) is 14.0. The first kappa shape index (κ1) is 14.7. The minimum Gasteiger partial charge on any atom is -0.370 e. The number of hydrogen-bond acceptors (Lipinski definition) is 3. The van der Waals surface area contributed by atoms with Gasteiger partial charge < -0.3 is 15.8 Å². The number of rotatable bonds is 6. The molecule has 0 aliphatic carbocycles. The van der Waals surface area contributed by atoms with Crippen LogP contribution in [0.4, 0.5) is 5.69 Å². The second-order valence-electron chi connectivity index (χ2n) is 4.92. The second kappa shape index (κ2) is 6.52. The lowest BCUT2D eigenvalue weighted by Crippen LogP contribution is -2.41. The van der Waals surface area contributed by atoms with E-state index in [2.05, 4.69) is 5.32 Å². The number of nitrogens with one attached hydrogen (secondary N) is 1. The van der Waals surface area contributed by atoms with Crippen molar-refractivity contribution in [3.63, 3.8) is 0 Å². The number of anilines is 1. The van der Waals surface area contributed by atoms with Crippen molar-refractivity contribution < 1.29 is 9.53 Å². The Morgan fingerprint density at radius 2 is 2.22 bits per heavy atom. The second-order valence-corrected chi connectivity index (χ2v) is 4.92. The Bertz CT molecular complexity index is 403. The molecule has 1 atom stereocenters. The summed E-state index contributed by atoms with van der Waals surface area (Å²) in [5, 5.41) is 2.78. The molecule has 0 radical (unpaired) electrons. The molecule has 0 saturated heterocycles. The van der Waals surface area contributed by atoms with Gasteiger partial charge in [0.1, 0.15) is 6.61 Å². The highest BCUT2D eigenvalue weighted by Gasteiger charge is 2.16. The van der Waals surface area contributed by atoms with Crippen LogP contribution in [0.5, 0.6) is 0 Å². The molecular formula is C14H22N2O2. The Kier molecular flexibility index (Phi) is 5.31. The molecule has 0 aliphatic rings. The van der Waals surface area contributed by atoms with Crippen molar-refractivity contribution in [3.8, 4) is 0 Å². The van der Waals surface area contributed by atoms with Gasteiger partial charge in [-0.15, -0.1) is 0 Å². The summed E-state index contributed by atoms with van der Waals surface area (Å²) < 4.78 is 5.32. The molecular weight excluding hydrogens is 228 g/mol. The van der Waals surface area contributed by atoms with Gasteiger partial charge in [0.2, 0.25) is 5.91 Å².